The third-order valence-electron chi connectivity index (χ3n) is 4.52. The van der Waals surface area contributed by atoms with Crippen LogP contribution in [0.4, 0.5) is 10.7 Å². The summed E-state index contributed by atoms with van der Waals surface area (Å²) in [6, 6.07) is 8.03. The molecule has 0 aliphatic heterocycles. The number of Topliss-reactive ketones (excluding diaryl/α,β-unsaturated/α-hetero) is 1. The summed E-state index contributed by atoms with van der Waals surface area (Å²) in [6.07, 6.45) is 1.43. The van der Waals surface area contributed by atoms with Crippen molar-refractivity contribution in [3.05, 3.63) is 67.0 Å². The number of carbonyl (C=O) groups excluding carboxylic acids is 2. The molecule has 11 heteroatoms. The molecule has 9 nitrogen and oxygen atoms in total. The van der Waals surface area contributed by atoms with Gasteiger partial charge in [0.15, 0.2) is 5.78 Å². The van der Waals surface area contributed by atoms with Gasteiger partial charge in [0.05, 0.1) is 27.7 Å². The van der Waals surface area contributed by atoms with Crippen molar-refractivity contribution in [3.63, 3.8) is 0 Å². The van der Waals surface area contributed by atoms with Crippen molar-refractivity contribution in [2.45, 2.75) is 20.8 Å². The minimum atomic E-state index is -0.553. The van der Waals surface area contributed by atoms with Crippen molar-refractivity contribution in [2.75, 3.05) is 11.9 Å². The number of non-ortho nitro benzene ring substituents is 1. The fourth-order valence-electron chi connectivity index (χ4n) is 2.96. The van der Waals surface area contributed by atoms with Gasteiger partial charge in [0.25, 0.3) is 5.69 Å². The van der Waals surface area contributed by atoms with Crippen LogP contribution >= 0.6 is 22.7 Å². The first-order valence-electron chi connectivity index (χ1n) is 9.65. The van der Waals surface area contributed by atoms with Crippen LogP contribution in [0.1, 0.15) is 44.4 Å². The Bertz CT molecular complexity index is 1300. The number of thiazole rings is 1. The lowest BCUT2D eigenvalue weighted by Crippen LogP contribution is -2.08. The van der Waals surface area contributed by atoms with Crippen LogP contribution in [0.25, 0.3) is 16.8 Å². The number of nitriles is 1. The van der Waals surface area contributed by atoms with Gasteiger partial charge in [0, 0.05) is 29.3 Å². The number of carbonyl (C=O) groups is 2. The molecule has 0 bridgehead atoms. The van der Waals surface area contributed by atoms with Crippen LogP contribution < -0.4 is 5.32 Å². The lowest BCUT2D eigenvalue weighted by atomic mass is 10.1. The second-order valence-corrected chi connectivity index (χ2v) is 8.57. The SMILES string of the molecule is CCOC(=O)c1c(N/C=C(\C#N)c2nc(-c3ccc([N+](=O)[O-])cc3)cs2)sc(C(C)=O)c1C. The molecule has 0 aliphatic carbocycles. The van der Waals surface area contributed by atoms with Gasteiger partial charge in [-0.3, -0.25) is 14.9 Å². The van der Waals surface area contributed by atoms with Crippen molar-refractivity contribution >= 4 is 50.7 Å². The first-order chi connectivity index (χ1) is 15.8. The van der Waals surface area contributed by atoms with Crippen LogP contribution in [-0.2, 0) is 4.74 Å². The van der Waals surface area contributed by atoms with Gasteiger partial charge in [-0.1, -0.05) is 0 Å². The van der Waals surface area contributed by atoms with Crippen LogP contribution in [0.2, 0.25) is 0 Å². The molecule has 1 N–H and O–H groups in total. The lowest BCUT2D eigenvalue weighted by Gasteiger charge is -2.05. The van der Waals surface area contributed by atoms with E-state index in [-0.39, 0.29) is 29.2 Å². The molecule has 0 unspecified atom stereocenters. The Kier molecular flexibility index (Phi) is 7.32. The number of ether oxygens (including phenoxy) is 1. The van der Waals surface area contributed by atoms with Crippen molar-refractivity contribution in [1.82, 2.24) is 4.98 Å². The van der Waals surface area contributed by atoms with E-state index in [1.54, 1.807) is 31.4 Å². The van der Waals surface area contributed by atoms with E-state index < -0.39 is 10.9 Å². The minimum Gasteiger partial charge on any atom is -0.462 e. The molecule has 3 rings (SSSR count). The predicted molar refractivity (Wildman–Crippen MR) is 126 cm³/mol. The van der Waals surface area contributed by atoms with Crippen molar-refractivity contribution in [1.29, 1.82) is 5.26 Å². The topological polar surface area (TPSA) is 135 Å². The number of anilines is 1. The van der Waals surface area contributed by atoms with E-state index in [1.165, 1.54) is 36.6 Å². The molecule has 0 radical (unpaired) electrons. The van der Waals surface area contributed by atoms with Crippen LogP contribution in [0.15, 0.2) is 35.8 Å². The Hall–Kier alpha value is -3.88. The fraction of sp³-hybridized carbons (Fsp3) is 0.182. The number of nitro benzene ring substituents is 1. The monoisotopic (exact) mass is 482 g/mol. The minimum absolute atomic E-state index is 0.0235. The maximum atomic E-state index is 12.4. The molecule has 2 aromatic heterocycles. The number of nitrogens with one attached hydrogen (secondary N) is 1. The van der Waals surface area contributed by atoms with Crippen molar-refractivity contribution < 1.29 is 19.2 Å². The number of esters is 1. The number of nitrogens with zero attached hydrogens (tertiary/aromatic N) is 3. The number of allylic oxidation sites excluding steroid dienone is 1. The standard InChI is InChI=1S/C22H18N4O5S2/c1-4-31-22(28)18-12(2)19(13(3)27)33-21(18)24-10-15(9-23)20-25-17(11-32-20)14-5-7-16(8-6-14)26(29)30/h5-8,10-11,24H,4H2,1-3H3/b15-10+. The lowest BCUT2D eigenvalue weighted by molar-refractivity contribution is -0.384. The van der Waals surface area contributed by atoms with E-state index in [4.69, 9.17) is 4.74 Å². The molecule has 0 saturated heterocycles. The number of nitro groups is 1. The molecule has 33 heavy (non-hydrogen) atoms. The molecule has 0 spiro atoms. The summed E-state index contributed by atoms with van der Waals surface area (Å²) < 4.78 is 5.11. The smallest absolute Gasteiger partial charge is 0.341 e. The number of hydrogen-bond acceptors (Lipinski definition) is 10. The molecule has 168 valence electrons. The Morgan fingerprint density at radius 3 is 2.61 bits per heavy atom. The zero-order valence-corrected chi connectivity index (χ0v) is 19.5. The normalized spacial score (nSPS) is 11.0. The van der Waals surface area contributed by atoms with Crippen LogP contribution in [0, 0.1) is 28.4 Å². The summed E-state index contributed by atoms with van der Waals surface area (Å²) in [4.78, 5) is 39.6. The number of benzene rings is 1. The maximum absolute atomic E-state index is 12.4. The van der Waals surface area contributed by atoms with E-state index >= 15 is 0 Å². The molecule has 0 fully saturated rings. The summed E-state index contributed by atoms with van der Waals surface area (Å²) in [7, 11) is 0. The summed E-state index contributed by atoms with van der Waals surface area (Å²) in [5.41, 5.74) is 2.23. The second-order valence-electron chi connectivity index (χ2n) is 6.69. The summed E-state index contributed by atoms with van der Waals surface area (Å²) in [5.74, 6) is -0.726. The van der Waals surface area contributed by atoms with Crippen LogP contribution in [0.5, 0.6) is 0 Å². The maximum Gasteiger partial charge on any atom is 0.341 e. The van der Waals surface area contributed by atoms with Gasteiger partial charge in [-0.05, 0) is 38.5 Å². The molecule has 0 saturated carbocycles. The van der Waals surface area contributed by atoms with Gasteiger partial charge in [0.2, 0.25) is 0 Å². The van der Waals surface area contributed by atoms with E-state index in [0.717, 1.165) is 11.3 Å². The summed E-state index contributed by atoms with van der Waals surface area (Å²) in [5, 5.41) is 26.0. The number of rotatable bonds is 8. The number of aromatic nitrogens is 1. The van der Waals surface area contributed by atoms with Crippen molar-refractivity contribution in [3.8, 4) is 17.3 Å². The Morgan fingerprint density at radius 1 is 1.33 bits per heavy atom. The van der Waals surface area contributed by atoms with Gasteiger partial charge in [-0.25, -0.2) is 9.78 Å². The zero-order chi connectivity index (χ0) is 24.1. The second kappa shape index (κ2) is 10.2. The molecule has 0 aliphatic rings. The first-order valence-corrected chi connectivity index (χ1v) is 11.3. The molecule has 2 heterocycles. The molecule has 3 aromatic rings. The van der Waals surface area contributed by atoms with Gasteiger partial charge in [0.1, 0.15) is 21.7 Å². The zero-order valence-electron chi connectivity index (χ0n) is 17.9. The number of hydrogen-bond donors (Lipinski definition) is 1. The predicted octanol–water partition coefficient (Wildman–Crippen LogP) is 5.44. The summed E-state index contributed by atoms with van der Waals surface area (Å²) in [6.45, 7) is 4.98. The van der Waals surface area contributed by atoms with Crippen LogP contribution in [0.3, 0.4) is 0 Å². The third-order valence-corrected chi connectivity index (χ3v) is 6.72. The van der Waals surface area contributed by atoms with Gasteiger partial charge in [-0.2, -0.15) is 5.26 Å². The largest absolute Gasteiger partial charge is 0.462 e. The highest BCUT2D eigenvalue weighted by molar-refractivity contribution is 7.18. The molecular formula is C22H18N4O5S2. The Balaban J connectivity index is 1.90. The molecule has 0 amide bonds. The Labute approximate surface area is 197 Å². The molecule has 1 aromatic carbocycles. The third kappa shape index (κ3) is 5.14. The number of ketones is 1. The van der Waals surface area contributed by atoms with E-state index in [0.29, 0.717) is 31.7 Å². The fourth-order valence-corrected chi connectivity index (χ4v) is 4.82. The van der Waals surface area contributed by atoms with Gasteiger partial charge in [-0.15, -0.1) is 22.7 Å². The highest BCUT2D eigenvalue weighted by Crippen LogP contribution is 2.35. The quantitative estimate of drug-likeness (QED) is 0.147. The summed E-state index contributed by atoms with van der Waals surface area (Å²) >= 11 is 2.35. The van der Waals surface area contributed by atoms with Gasteiger partial charge >= 0.3 is 5.97 Å². The van der Waals surface area contributed by atoms with Gasteiger partial charge < -0.3 is 10.1 Å². The molecule has 0 atom stereocenters. The average Bonchev–Trinajstić information content (AvgIpc) is 3.39. The number of thiophene rings is 1. The van der Waals surface area contributed by atoms with Crippen LogP contribution in [-0.4, -0.2) is 28.3 Å². The Morgan fingerprint density at radius 2 is 2.03 bits per heavy atom. The first kappa shape index (κ1) is 23.8. The highest BCUT2D eigenvalue weighted by Gasteiger charge is 2.24. The van der Waals surface area contributed by atoms with E-state index in [9.17, 15) is 25.0 Å². The van der Waals surface area contributed by atoms with Crippen molar-refractivity contribution in [2.24, 2.45) is 0 Å². The highest BCUT2D eigenvalue weighted by atomic mass is 32.1. The average molecular weight is 483 g/mol. The van der Waals surface area contributed by atoms with E-state index in [1.807, 2.05) is 0 Å². The van der Waals surface area contributed by atoms with E-state index in [2.05, 4.69) is 16.4 Å². The molecular weight excluding hydrogens is 464 g/mol.